The van der Waals surface area contributed by atoms with Crippen LogP contribution in [0.1, 0.15) is 25.5 Å². The number of aliphatic hydroxyl groups is 1. The summed E-state index contributed by atoms with van der Waals surface area (Å²) in [6, 6.07) is 3.59. The fraction of sp³-hybridized carbons (Fsp3) is 0.588. The van der Waals surface area contributed by atoms with Crippen molar-refractivity contribution in [1.29, 1.82) is 0 Å². The van der Waals surface area contributed by atoms with Crippen LogP contribution in [0.4, 0.5) is 8.78 Å². The molecule has 134 valence electrons. The molecule has 1 aromatic rings. The molecule has 7 heteroatoms. The Bertz CT molecular complexity index is 561. The summed E-state index contributed by atoms with van der Waals surface area (Å²) in [6.45, 7) is 7.48. The number of benzene rings is 1. The van der Waals surface area contributed by atoms with Crippen LogP contribution in [-0.2, 0) is 4.79 Å². The van der Waals surface area contributed by atoms with Crippen LogP contribution in [0, 0.1) is 11.6 Å². The molecule has 0 aliphatic carbocycles. The third kappa shape index (κ3) is 5.51. The van der Waals surface area contributed by atoms with Crippen LogP contribution >= 0.6 is 0 Å². The van der Waals surface area contributed by atoms with E-state index in [4.69, 9.17) is 0 Å². The van der Waals surface area contributed by atoms with Crippen molar-refractivity contribution < 1.29 is 18.7 Å². The molecule has 0 aromatic heterocycles. The summed E-state index contributed by atoms with van der Waals surface area (Å²) in [4.78, 5) is 15.9. The lowest BCUT2D eigenvalue weighted by Gasteiger charge is -2.35. The molecule has 1 heterocycles. The first-order valence-electron chi connectivity index (χ1n) is 8.22. The second-order valence-corrected chi connectivity index (χ2v) is 6.49. The fourth-order valence-corrected chi connectivity index (χ4v) is 2.77. The molecular formula is C17H25F2N3O2. The average molecular weight is 341 g/mol. The molecule has 1 fully saturated rings. The number of amides is 1. The minimum atomic E-state index is -0.951. The first-order chi connectivity index (χ1) is 11.3. The van der Waals surface area contributed by atoms with Gasteiger partial charge in [0.25, 0.3) is 0 Å². The fourth-order valence-electron chi connectivity index (χ4n) is 2.77. The number of hydrogen-bond acceptors (Lipinski definition) is 4. The SMILES string of the molecule is CC(C)NC(=O)CN1CCN(CC(O)c2ccc(F)c(F)c2)CC1. The zero-order valence-corrected chi connectivity index (χ0v) is 14.1. The minimum absolute atomic E-state index is 0.0141. The van der Waals surface area contributed by atoms with E-state index in [1.165, 1.54) is 6.07 Å². The zero-order valence-electron chi connectivity index (χ0n) is 14.1. The van der Waals surface area contributed by atoms with Gasteiger partial charge in [0, 0.05) is 38.8 Å². The quantitative estimate of drug-likeness (QED) is 0.815. The molecule has 0 radical (unpaired) electrons. The summed E-state index contributed by atoms with van der Waals surface area (Å²) in [7, 11) is 0. The molecule has 1 amide bonds. The molecule has 2 N–H and O–H groups in total. The lowest BCUT2D eigenvalue weighted by atomic mass is 10.1. The third-order valence-corrected chi connectivity index (χ3v) is 4.04. The van der Waals surface area contributed by atoms with E-state index >= 15 is 0 Å². The van der Waals surface area contributed by atoms with E-state index in [0.29, 0.717) is 18.7 Å². The second kappa shape index (κ2) is 8.50. The molecule has 1 aromatic carbocycles. The van der Waals surface area contributed by atoms with Gasteiger partial charge >= 0.3 is 0 Å². The Balaban J connectivity index is 1.78. The van der Waals surface area contributed by atoms with Gasteiger partial charge in [-0.3, -0.25) is 14.6 Å². The van der Waals surface area contributed by atoms with Gasteiger partial charge in [-0.15, -0.1) is 0 Å². The Kier molecular flexibility index (Phi) is 6.65. The number of carbonyl (C=O) groups excluding carboxylic acids is 1. The van der Waals surface area contributed by atoms with Crippen molar-refractivity contribution in [2.45, 2.75) is 26.0 Å². The van der Waals surface area contributed by atoms with Gasteiger partial charge in [-0.25, -0.2) is 8.78 Å². The van der Waals surface area contributed by atoms with Crippen LogP contribution in [0.15, 0.2) is 18.2 Å². The van der Waals surface area contributed by atoms with Crippen LogP contribution in [0.5, 0.6) is 0 Å². The maximum atomic E-state index is 13.2. The van der Waals surface area contributed by atoms with Gasteiger partial charge < -0.3 is 10.4 Å². The lowest BCUT2D eigenvalue weighted by Crippen LogP contribution is -2.50. The Hall–Kier alpha value is -1.57. The van der Waals surface area contributed by atoms with Crippen LogP contribution < -0.4 is 5.32 Å². The van der Waals surface area contributed by atoms with Crippen LogP contribution in [0.3, 0.4) is 0 Å². The van der Waals surface area contributed by atoms with Crippen molar-refractivity contribution in [3.05, 3.63) is 35.4 Å². The number of carbonyl (C=O) groups is 1. The van der Waals surface area contributed by atoms with Gasteiger partial charge in [-0.1, -0.05) is 6.07 Å². The van der Waals surface area contributed by atoms with E-state index < -0.39 is 17.7 Å². The molecule has 0 saturated carbocycles. The van der Waals surface area contributed by atoms with E-state index in [0.717, 1.165) is 38.3 Å². The van der Waals surface area contributed by atoms with Crippen molar-refractivity contribution in [1.82, 2.24) is 15.1 Å². The van der Waals surface area contributed by atoms with Crippen molar-refractivity contribution in [2.75, 3.05) is 39.3 Å². The minimum Gasteiger partial charge on any atom is -0.387 e. The highest BCUT2D eigenvalue weighted by molar-refractivity contribution is 5.78. The number of aliphatic hydroxyl groups excluding tert-OH is 1. The predicted molar refractivity (Wildman–Crippen MR) is 87.5 cm³/mol. The van der Waals surface area contributed by atoms with Gasteiger partial charge in [0.05, 0.1) is 12.6 Å². The molecule has 1 aliphatic rings. The Morgan fingerprint density at radius 1 is 1.17 bits per heavy atom. The van der Waals surface area contributed by atoms with E-state index in [1.54, 1.807) is 0 Å². The van der Waals surface area contributed by atoms with Crippen LogP contribution in [0.25, 0.3) is 0 Å². The molecule has 1 unspecified atom stereocenters. The predicted octanol–water partition coefficient (Wildman–Crippen LogP) is 1.14. The lowest BCUT2D eigenvalue weighted by molar-refractivity contribution is -0.123. The van der Waals surface area contributed by atoms with Gasteiger partial charge in [0.15, 0.2) is 11.6 Å². The molecular weight excluding hydrogens is 316 g/mol. The van der Waals surface area contributed by atoms with E-state index in [1.807, 2.05) is 13.8 Å². The summed E-state index contributed by atoms with van der Waals surface area (Å²) >= 11 is 0. The smallest absolute Gasteiger partial charge is 0.234 e. The van der Waals surface area contributed by atoms with Crippen molar-refractivity contribution in [3.8, 4) is 0 Å². The largest absolute Gasteiger partial charge is 0.387 e. The average Bonchev–Trinajstić information content (AvgIpc) is 2.51. The third-order valence-electron chi connectivity index (χ3n) is 4.04. The van der Waals surface area contributed by atoms with Gasteiger partial charge in [-0.05, 0) is 31.5 Å². The number of hydrogen-bond donors (Lipinski definition) is 2. The van der Waals surface area contributed by atoms with Crippen molar-refractivity contribution in [3.63, 3.8) is 0 Å². The molecule has 0 spiro atoms. The van der Waals surface area contributed by atoms with Crippen molar-refractivity contribution in [2.24, 2.45) is 0 Å². The van der Waals surface area contributed by atoms with E-state index in [9.17, 15) is 18.7 Å². The first kappa shape index (κ1) is 18.8. The molecule has 1 aliphatic heterocycles. The molecule has 1 saturated heterocycles. The summed E-state index contributed by atoms with van der Waals surface area (Å²) in [6.07, 6.45) is -0.865. The molecule has 24 heavy (non-hydrogen) atoms. The van der Waals surface area contributed by atoms with Gasteiger partial charge in [0.1, 0.15) is 0 Å². The highest BCUT2D eigenvalue weighted by atomic mass is 19.2. The van der Waals surface area contributed by atoms with Gasteiger partial charge in [0.2, 0.25) is 5.91 Å². The number of halogens is 2. The first-order valence-corrected chi connectivity index (χ1v) is 8.22. The van der Waals surface area contributed by atoms with Crippen molar-refractivity contribution >= 4 is 5.91 Å². The summed E-state index contributed by atoms with van der Waals surface area (Å²) in [5, 5.41) is 13.1. The summed E-state index contributed by atoms with van der Waals surface area (Å²) in [5.41, 5.74) is 0.368. The monoisotopic (exact) mass is 341 g/mol. The Morgan fingerprint density at radius 2 is 1.79 bits per heavy atom. The topological polar surface area (TPSA) is 55.8 Å². The number of piperazine rings is 1. The zero-order chi connectivity index (χ0) is 17.7. The Labute approximate surface area is 141 Å². The Morgan fingerprint density at radius 3 is 2.38 bits per heavy atom. The summed E-state index contributed by atoms with van der Waals surface area (Å²) < 4.78 is 26.2. The highest BCUT2D eigenvalue weighted by Gasteiger charge is 2.22. The maximum Gasteiger partial charge on any atom is 0.234 e. The van der Waals surface area contributed by atoms with Crippen LogP contribution in [-0.4, -0.2) is 66.1 Å². The number of nitrogens with zero attached hydrogens (tertiary/aromatic N) is 2. The highest BCUT2D eigenvalue weighted by Crippen LogP contribution is 2.18. The number of nitrogens with one attached hydrogen (secondary N) is 1. The number of β-amino-alcohol motifs (C(OH)–C–C–N with tert-alkyl or cyclic N) is 1. The molecule has 2 rings (SSSR count). The molecule has 5 nitrogen and oxygen atoms in total. The van der Waals surface area contributed by atoms with Gasteiger partial charge in [-0.2, -0.15) is 0 Å². The second-order valence-electron chi connectivity index (χ2n) is 6.49. The van der Waals surface area contributed by atoms with E-state index in [-0.39, 0.29) is 11.9 Å². The van der Waals surface area contributed by atoms with Crippen LogP contribution in [0.2, 0.25) is 0 Å². The molecule has 0 bridgehead atoms. The molecule has 1 atom stereocenters. The standard InChI is InChI=1S/C17H25F2N3O2/c1-12(2)20-17(24)11-22-7-5-21(6-8-22)10-16(23)13-3-4-14(18)15(19)9-13/h3-4,9,12,16,23H,5-8,10-11H2,1-2H3,(H,20,24). The number of rotatable bonds is 6. The van der Waals surface area contributed by atoms with E-state index in [2.05, 4.69) is 15.1 Å². The maximum absolute atomic E-state index is 13.2. The normalized spacial score (nSPS) is 17.9. The summed E-state index contributed by atoms with van der Waals surface area (Å²) in [5.74, 6) is -1.85.